The molecule has 0 spiro atoms. The molecule has 0 aromatic heterocycles. The van der Waals surface area contributed by atoms with Crippen molar-refractivity contribution in [2.24, 2.45) is 0 Å². The third-order valence-corrected chi connectivity index (χ3v) is 1.90. The second kappa shape index (κ2) is 5.98. The SMILES string of the molecule is CC(C)NC(=O)CC(=O)Nc1ccc(F)cc1. The van der Waals surface area contributed by atoms with Crippen molar-refractivity contribution in [2.75, 3.05) is 5.32 Å². The van der Waals surface area contributed by atoms with E-state index in [9.17, 15) is 14.0 Å². The number of rotatable bonds is 4. The van der Waals surface area contributed by atoms with Crippen LogP contribution in [0.4, 0.5) is 10.1 Å². The van der Waals surface area contributed by atoms with E-state index >= 15 is 0 Å². The van der Waals surface area contributed by atoms with Crippen molar-refractivity contribution in [3.63, 3.8) is 0 Å². The molecule has 0 radical (unpaired) electrons. The molecule has 1 aromatic carbocycles. The molecule has 1 rings (SSSR count). The summed E-state index contributed by atoms with van der Waals surface area (Å²) in [5.41, 5.74) is 0.466. The number of hydrogen-bond donors (Lipinski definition) is 2. The summed E-state index contributed by atoms with van der Waals surface area (Å²) < 4.78 is 12.6. The summed E-state index contributed by atoms with van der Waals surface area (Å²) in [7, 11) is 0. The van der Waals surface area contributed by atoms with Gasteiger partial charge in [-0.1, -0.05) is 0 Å². The molecule has 2 amide bonds. The van der Waals surface area contributed by atoms with E-state index in [-0.39, 0.29) is 24.2 Å². The Hall–Kier alpha value is -1.91. The number of nitrogens with one attached hydrogen (secondary N) is 2. The first-order chi connectivity index (χ1) is 7.97. The number of amides is 2. The van der Waals surface area contributed by atoms with Crippen molar-refractivity contribution in [3.05, 3.63) is 30.1 Å². The Labute approximate surface area is 99.2 Å². The largest absolute Gasteiger partial charge is 0.353 e. The van der Waals surface area contributed by atoms with Gasteiger partial charge in [-0.3, -0.25) is 9.59 Å². The lowest BCUT2D eigenvalue weighted by Gasteiger charge is -2.08. The van der Waals surface area contributed by atoms with E-state index in [1.165, 1.54) is 24.3 Å². The molecule has 0 bridgehead atoms. The summed E-state index contributed by atoms with van der Waals surface area (Å²) in [6.45, 7) is 3.63. The number of halogens is 1. The first kappa shape index (κ1) is 13.2. The Morgan fingerprint density at radius 2 is 1.76 bits per heavy atom. The lowest BCUT2D eigenvalue weighted by molar-refractivity contribution is -0.127. The Balaban J connectivity index is 2.44. The molecule has 0 saturated heterocycles. The van der Waals surface area contributed by atoms with Crippen LogP contribution < -0.4 is 10.6 Å². The minimum atomic E-state index is -0.422. The second-order valence-corrected chi connectivity index (χ2v) is 3.95. The Morgan fingerprint density at radius 3 is 2.29 bits per heavy atom. The van der Waals surface area contributed by atoms with Crippen LogP contribution in [-0.2, 0) is 9.59 Å². The van der Waals surface area contributed by atoms with Gasteiger partial charge in [-0.15, -0.1) is 0 Å². The molecule has 0 aliphatic heterocycles. The Morgan fingerprint density at radius 1 is 1.18 bits per heavy atom. The highest BCUT2D eigenvalue weighted by Crippen LogP contribution is 2.08. The predicted molar refractivity (Wildman–Crippen MR) is 62.9 cm³/mol. The highest BCUT2D eigenvalue weighted by Gasteiger charge is 2.10. The fourth-order valence-corrected chi connectivity index (χ4v) is 1.26. The molecule has 0 saturated carbocycles. The maximum atomic E-state index is 12.6. The molecule has 0 aliphatic carbocycles. The highest BCUT2D eigenvalue weighted by molar-refractivity contribution is 6.03. The van der Waals surface area contributed by atoms with Gasteiger partial charge in [0.05, 0.1) is 0 Å². The van der Waals surface area contributed by atoms with Gasteiger partial charge in [0, 0.05) is 11.7 Å². The van der Waals surface area contributed by atoms with Crippen LogP contribution in [0.3, 0.4) is 0 Å². The van der Waals surface area contributed by atoms with Crippen LogP contribution in [-0.4, -0.2) is 17.9 Å². The fraction of sp³-hybridized carbons (Fsp3) is 0.333. The van der Waals surface area contributed by atoms with E-state index in [0.717, 1.165) is 0 Å². The van der Waals surface area contributed by atoms with Gasteiger partial charge in [-0.2, -0.15) is 0 Å². The molecule has 2 N–H and O–H groups in total. The fourth-order valence-electron chi connectivity index (χ4n) is 1.26. The van der Waals surface area contributed by atoms with Gasteiger partial charge in [-0.05, 0) is 38.1 Å². The van der Waals surface area contributed by atoms with Crippen molar-refractivity contribution in [3.8, 4) is 0 Å². The lowest BCUT2D eigenvalue weighted by atomic mass is 10.3. The minimum Gasteiger partial charge on any atom is -0.353 e. The first-order valence-corrected chi connectivity index (χ1v) is 5.32. The molecule has 0 fully saturated rings. The summed E-state index contributed by atoms with van der Waals surface area (Å²) in [5.74, 6) is -1.13. The van der Waals surface area contributed by atoms with Crippen molar-refractivity contribution >= 4 is 17.5 Å². The van der Waals surface area contributed by atoms with Crippen LogP contribution in [0.25, 0.3) is 0 Å². The third kappa shape index (κ3) is 5.10. The number of anilines is 1. The van der Waals surface area contributed by atoms with Gasteiger partial charge in [0.15, 0.2) is 0 Å². The predicted octanol–water partition coefficient (Wildman–Crippen LogP) is 1.68. The van der Waals surface area contributed by atoms with E-state index < -0.39 is 5.91 Å². The molecular weight excluding hydrogens is 223 g/mol. The normalized spacial score (nSPS) is 10.1. The third-order valence-electron chi connectivity index (χ3n) is 1.90. The zero-order valence-electron chi connectivity index (χ0n) is 9.79. The topological polar surface area (TPSA) is 58.2 Å². The molecule has 0 heterocycles. The molecule has 5 heteroatoms. The van der Waals surface area contributed by atoms with Gasteiger partial charge in [0.1, 0.15) is 12.2 Å². The molecule has 4 nitrogen and oxygen atoms in total. The van der Waals surface area contributed by atoms with Crippen LogP contribution >= 0.6 is 0 Å². The number of carbonyl (C=O) groups excluding carboxylic acids is 2. The van der Waals surface area contributed by atoms with Gasteiger partial charge in [0.2, 0.25) is 11.8 Å². The number of hydrogen-bond acceptors (Lipinski definition) is 2. The van der Waals surface area contributed by atoms with Crippen molar-refractivity contribution in [2.45, 2.75) is 26.3 Å². The van der Waals surface area contributed by atoms with Crippen molar-refractivity contribution in [1.29, 1.82) is 0 Å². The van der Waals surface area contributed by atoms with E-state index in [1.54, 1.807) is 0 Å². The first-order valence-electron chi connectivity index (χ1n) is 5.32. The van der Waals surface area contributed by atoms with Crippen LogP contribution in [0.2, 0.25) is 0 Å². The Kier molecular flexibility index (Phi) is 4.63. The average molecular weight is 238 g/mol. The summed E-state index contributed by atoms with van der Waals surface area (Å²) in [5, 5.41) is 5.12. The smallest absolute Gasteiger partial charge is 0.233 e. The molecular formula is C12H15FN2O2. The molecule has 92 valence electrons. The van der Waals surface area contributed by atoms with Crippen LogP contribution in [0, 0.1) is 5.82 Å². The van der Waals surface area contributed by atoms with Gasteiger partial charge < -0.3 is 10.6 Å². The van der Waals surface area contributed by atoms with Crippen molar-refractivity contribution < 1.29 is 14.0 Å². The standard InChI is InChI=1S/C12H15FN2O2/c1-8(2)14-11(16)7-12(17)15-10-5-3-9(13)4-6-10/h3-6,8H,7H2,1-2H3,(H,14,16)(H,15,17). The quantitative estimate of drug-likeness (QED) is 0.784. The molecule has 0 aliphatic rings. The van der Waals surface area contributed by atoms with Gasteiger partial charge in [-0.25, -0.2) is 4.39 Å². The van der Waals surface area contributed by atoms with E-state index in [4.69, 9.17) is 0 Å². The number of benzene rings is 1. The zero-order chi connectivity index (χ0) is 12.8. The van der Waals surface area contributed by atoms with E-state index in [0.29, 0.717) is 5.69 Å². The highest BCUT2D eigenvalue weighted by atomic mass is 19.1. The molecule has 0 unspecified atom stereocenters. The summed E-state index contributed by atoms with van der Waals surface area (Å²) in [6, 6.07) is 5.36. The van der Waals surface area contributed by atoms with Crippen LogP contribution in [0.15, 0.2) is 24.3 Å². The number of carbonyl (C=O) groups is 2. The van der Waals surface area contributed by atoms with E-state index in [1.807, 2.05) is 13.8 Å². The van der Waals surface area contributed by atoms with Crippen LogP contribution in [0.5, 0.6) is 0 Å². The summed E-state index contributed by atoms with van der Waals surface area (Å²) in [4.78, 5) is 22.7. The molecule has 1 aromatic rings. The maximum absolute atomic E-state index is 12.6. The Bertz CT molecular complexity index is 401. The maximum Gasteiger partial charge on any atom is 0.233 e. The summed E-state index contributed by atoms with van der Waals surface area (Å²) >= 11 is 0. The van der Waals surface area contributed by atoms with Gasteiger partial charge in [0.25, 0.3) is 0 Å². The molecule has 17 heavy (non-hydrogen) atoms. The monoisotopic (exact) mass is 238 g/mol. The van der Waals surface area contributed by atoms with Crippen molar-refractivity contribution in [1.82, 2.24) is 5.32 Å². The van der Waals surface area contributed by atoms with Gasteiger partial charge >= 0.3 is 0 Å². The second-order valence-electron chi connectivity index (χ2n) is 3.95. The van der Waals surface area contributed by atoms with Crippen LogP contribution in [0.1, 0.15) is 20.3 Å². The average Bonchev–Trinajstić information content (AvgIpc) is 2.19. The lowest BCUT2D eigenvalue weighted by Crippen LogP contribution is -2.33. The molecule has 0 atom stereocenters. The minimum absolute atomic E-state index is 0.00104. The van der Waals surface area contributed by atoms with E-state index in [2.05, 4.69) is 10.6 Å². The summed E-state index contributed by atoms with van der Waals surface area (Å²) in [6.07, 6.45) is -0.241. The zero-order valence-corrected chi connectivity index (χ0v) is 9.79.